The van der Waals surface area contributed by atoms with Crippen LogP contribution in [0.3, 0.4) is 0 Å². The van der Waals surface area contributed by atoms with Crippen LogP contribution in [-0.4, -0.2) is 5.78 Å². The summed E-state index contributed by atoms with van der Waals surface area (Å²) in [5.74, 6) is -0.196. The van der Waals surface area contributed by atoms with Gasteiger partial charge in [0.25, 0.3) is 0 Å². The maximum Gasteiger partial charge on any atom is 0.170 e. The van der Waals surface area contributed by atoms with Crippen molar-refractivity contribution >= 4 is 16.9 Å². The van der Waals surface area contributed by atoms with Crippen molar-refractivity contribution in [2.45, 2.75) is 12.8 Å². The summed E-state index contributed by atoms with van der Waals surface area (Å²) in [5, 5.41) is 0. The smallest absolute Gasteiger partial charge is 0.170 e. The SMILES string of the molecule is O=C1c2ccccc2CC1C1=C(c2ccc(F)cc2)Cc2ccccc21. The lowest BCUT2D eigenvalue weighted by molar-refractivity contribution is 0.0964. The van der Waals surface area contributed by atoms with Crippen molar-refractivity contribution in [1.82, 2.24) is 0 Å². The van der Waals surface area contributed by atoms with Crippen LogP contribution in [0.5, 0.6) is 0 Å². The number of benzene rings is 3. The van der Waals surface area contributed by atoms with Crippen LogP contribution in [-0.2, 0) is 12.8 Å². The highest BCUT2D eigenvalue weighted by atomic mass is 19.1. The molecule has 0 aromatic heterocycles. The van der Waals surface area contributed by atoms with E-state index >= 15 is 0 Å². The summed E-state index contributed by atoms with van der Waals surface area (Å²) in [6.07, 6.45) is 1.53. The number of halogens is 1. The van der Waals surface area contributed by atoms with Crippen molar-refractivity contribution in [2.75, 3.05) is 0 Å². The van der Waals surface area contributed by atoms with Gasteiger partial charge < -0.3 is 0 Å². The molecule has 126 valence electrons. The van der Waals surface area contributed by atoms with Gasteiger partial charge in [0.15, 0.2) is 5.78 Å². The molecule has 0 amide bonds. The first-order chi connectivity index (χ1) is 12.7. The van der Waals surface area contributed by atoms with Crippen LogP contribution in [0.2, 0.25) is 0 Å². The molecule has 3 aromatic rings. The van der Waals surface area contributed by atoms with Crippen molar-refractivity contribution in [1.29, 1.82) is 0 Å². The van der Waals surface area contributed by atoms with Gasteiger partial charge in [0, 0.05) is 5.56 Å². The van der Waals surface area contributed by atoms with Gasteiger partial charge in [-0.2, -0.15) is 0 Å². The van der Waals surface area contributed by atoms with Crippen LogP contribution >= 0.6 is 0 Å². The van der Waals surface area contributed by atoms with Crippen LogP contribution in [0.4, 0.5) is 4.39 Å². The molecule has 2 aliphatic carbocycles. The first-order valence-electron chi connectivity index (χ1n) is 8.92. The molecule has 1 nitrogen and oxygen atoms in total. The number of Topliss-reactive ketones (excluding diaryl/α,β-unsaturated/α-hetero) is 1. The molecule has 1 atom stereocenters. The number of allylic oxidation sites excluding steroid dienone is 2. The standard InChI is InChI=1S/C24H17FO/c25-18-11-9-15(10-12-18)21-13-16-5-1-3-7-19(16)23(21)22-14-17-6-2-4-8-20(17)24(22)26/h1-12,22H,13-14H2. The van der Waals surface area contributed by atoms with E-state index in [-0.39, 0.29) is 17.5 Å². The Bertz CT molecular complexity index is 1060. The minimum atomic E-state index is -0.240. The quantitative estimate of drug-likeness (QED) is 0.615. The van der Waals surface area contributed by atoms with Crippen LogP contribution in [0.1, 0.15) is 32.6 Å². The summed E-state index contributed by atoms with van der Waals surface area (Å²) < 4.78 is 13.4. The molecule has 0 radical (unpaired) electrons. The van der Waals surface area contributed by atoms with E-state index in [9.17, 15) is 9.18 Å². The monoisotopic (exact) mass is 340 g/mol. The number of ketones is 1. The highest BCUT2D eigenvalue weighted by Crippen LogP contribution is 2.46. The Kier molecular flexibility index (Phi) is 3.39. The van der Waals surface area contributed by atoms with E-state index < -0.39 is 0 Å². The molecule has 0 bridgehead atoms. The zero-order chi connectivity index (χ0) is 17.7. The Morgan fingerprint density at radius 3 is 2.15 bits per heavy atom. The summed E-state index contributed by atoms with van der Waals surface area (Å²) in [6.45, 7) is 0. The van der Waals surface area contributed by atoms with Crippen molar-refractivity contribution in [2.24, 2.45) is 5.92 Å². The second-order valence-electron chi connectivity index (χ2n) is 7.01. The van der Waals surface area contributed by atoms with Gasteiger partial charge in [-0.3, -0.25) is 4.79 Å². The van der Waals surface area contributed by atoms with Crippen LogP contribution in [0.15, 0.2) is 72.8 Å². The Labute approximate surface area is 151 Å². The Morgan fingerprint density at radius 2 is 1.42 bits per heavy atom. The highest BCUT2D eigenvalue weighted by Gasteiger charge is 2.37. The molecule has 0 spiro atoms. The molecule has 5 rings (SSSR count). The van der Waals surface area contributed by atoms with Gasteiger partial charge in [0.2, 0.25) is 0 Å². The number of rotatable bonds is 2. The molecule has 3 aromatic carbocycles. The summed E-state index contributed by atoms with van der Waals surface area (Å²) in [5.41, 5.74) is 7.64. The zero-order valence-corrected chi connectivity index (χ0v) is 14.2. The van der Waals surface area contributed by atoms with Gasteiger partial charge in [-0.15, -0.1) is 0 Å². The summed E-state index contributed by atoms with van der Waals surface area (Å²) in [7, 11) is 0. The third-order valence-electron chi connectivity index (χ3n) is 5.56. The Morgan fingerprint density at radius 1 is 0.769 bits per heavy atom. The number of hydrogen-bond acceptors (Lipinski definition) is 1. The van der Waals surface area contributed by atoms with Crippen LogP contribution in [0.25, 0.3) is 11.1 Å². The average Bonchev–Trinajstić information content (AvgIpc) is 3.20. The lowest BCUT2D eigenvalue weighted by Gasteiger charge is -2.15. The molecule has 0 fully saturated rings. The maximum absolute atomic E-state index is 13.4. The van der Waals surface area contributed by atoms with Crippen molar-refractivity contribution < 1.29 is 9.18 Å². The fraction of sp³-hybridized carbons (Fsp3) is 0.125. The van der Waals surface area contributed by atoms with Gasteiger partial charge in [-0.25, -0.2) is 4.39 Å². The van der Waals surface area contributed by atoms with E-state index in [4.69, 9.17) is 0 Å². The molecular formula is C24H17FO. The van der Waals surface area contributed by atoms with E-state index in [1.165, 1.54) is 17.7 Å². The van der Waals surface area contributed by atoms with Gasteiger partial charge in [0.1, 0.15) is 5.82 Å². The minimum Gasteiger partial charge on any atom is -0.293 e. The van der Waals surface area contributed by atoms with Crippen LogP contribution in [0, 0.1) is 11.7 Å². The molecule has 0 heterocycles. The molecule has 1 unspecified atom stereocenters. The van der Waals surface area contributed by atoms with E-state index in [2.05, 4.69) is 12.1 Å². The molecule has 2 heteroatoms. The molecule has 0 aliphatic heterocycles. The minimum absolute atomic E-state index is 0.156. The largest absolute Gasteiger partial charge is 0.293 e. The highest BCUT2D eigenvalue weighted by molar-refractivity contribution is 6.13. The molecular weight excluding hydrogens is 323 g/mol. The Hall–Kier alpha value is -3.00. The lowest BCUT2D eigenvalue weighted by atomic mass is 9.87. The van der Waals surface area contributed by atoms with Crippen molar-refractivity contribution in [3.05, 3.63) is 106 Å². The number of carbonyl (C=O) groups excluding carboxylic acids is 1. The van der Waals surface area contributed by atoms with Gasteiger partial charge in [0.05, 0.1) is 5.92 Å². The molecule has 0 saturated heterocycles. The third-order valence-corrected chi connectivity index (χ3v) is 5.56. The van der Waals surface area contributed by atoms with Crippen molar-refractivity contribution in [3.63, 3.8) is 0 Å². The van der Waals surface area contributed by atoms with E-state index in [1.54, 1.807) is 0 Å². The topological polar surface area (TPSA) is 17.1 Å². The molecule has 0 N–H and O–H groups in total. The summed E-state index contributed by atoms with van der Waals surface area (Å²) in [4.78, 5) is 13.1. The second-order valence-corrected chi connectivity index (χ2v) is 7.01. The zero-order valence-electron chi connectivity index (χ0n) is 14.2. The van der Waals surface area contributed by atoms with Crippen molar-refractivity contribution in [3.8, 4) is 0 Å². The molecule has 2 aliphatic rings. The van der Waals surface area contributed by atoms with E-state index in [1.807, 2.05) is 48.5 Å². The predicted molar refractivity (Wildman–Crippen MR) is 101 cm³/mol. The average molecular weight is 340 g/mol. The second kappa shape index (κ2) is 5.77. The molecule has 26 heavy (non-hydrogen) atoms. The van der Waals surface area contributed by atoms with Gasteiger partial charge in [-0.1, -0.05) is 60.7 Å². The number of hydrogen-bond donors (Lipinski definition) is 0. The normalized spacial score (nSPS) is 18.2. The summed E-state index contributed by atoms with van der Waals surface area (Å²) >= 11 is 0. The van der Waals surface area contributed by atoms with Crippen LogP contribution < -0.4 is 0 Å². The predicted octanol–water partition coefficient (Wildman–Crippen LogP) is 5.35. The number of carbonyl (C=O) groups is 1. The van der Waals surface area contributed by atoms with E-state index in [0.29, 0.717) is 0 Å². The third kappa shape index (κ3) is 2.26. The lowest BCUT2D eigenvalue weighted by Crippen LogP contribution is -2.11. The van der Waals surface area contributed by atoms with Gasteiger partial charge >= 0.3 is 0 Å². The fourth-order valence-corrected chi connectivity index (χ4v) is 4.36. The molecule has 0 saturated carbocycles. The fourth-order valence-electron chi connectivity index (χ4n) is 4.36. The van der Waals surface area contributed by atoms with E-state index in [0.717, 1.165) is 46.2 Å². The maximum atomic E-state index is 13.4. The first kappa shape index (κ1) is 15.3. The van der Waals surface area contributed by atoms with Gasteiger partial charge in [-0.05, 0) is 58.4 Å². The number of fused-ring (bicyclic) bond motifs is 2. The Balaban J connectivity index is 1.68. The summed E-state index contributed by atoms with van der Waals surface area (Å²) in [6, 6.07) is 22.8. The first-order valence-corrected chi connectivity index (χ1v) is 8.92.